The molecule has 2 amide bonds. The average Bonchev–Trinajstić information content (AvgIpc) is 3.49. The molecule has 2 aromatic rings. The number of ether oxygens (including phenoxy) is 2. The van der Waals surface area contributed by atoms with Gasteiger partial charge < -0.3 is 25.2 Å². The van der Waals surface area contributed by atoms with Crippen LogP contribution in [0, 0.1) is 5.92 Å². The molecule has 1 aliphatic carbocycles. The van der Waals surface area contributed by atoms with Crippen LogP contribution in [0.25, 0.3) is 11.1 Å². The summed E-state index contributed by atoms with van der Waals surface area (Å²) in [5, 5.41) is 15.1. The van der Waals surface area contributed by atoms with E-state index in [0.29, 0.717) is 25.8 Å². The molecule has 0 bridgehead atoms. The molecule has 0 spiro atoms. The van der Waals surface area contributed by atoms with Crippen molar-refractivity contribution in [2.75, 3.05) is 13.2 Å². The number of alkyl carbamates (subject to hydrolysis) is 1. The lowest BCUT2D eigenvalue weighted by molar-refractivity contribution is -0.161. The van der Waals surface area contributed by atoms with Gasteiger partial charge in [-0.15, -0.1) is 0 Å². The second-order valence-electron chi connectivity index (χ2n) is 16.7. The molecular weight excluding hydrogens is 721 g/mol. The van der Waals surface area contributed by atoms with Crippen molar-refractivity contribution in [2.24, 2.45) is 5.92 Å². The van der Waals surface area contributed by atoms with Gasteiger partial charge >= 0.3 is 18.0 Å². The Kier molecular flexibility index (Phi) is 21.5. The maximum Gasteiger partial charge on any atom is 0.407 e. The number of fused-ring (bicyclic) bond motifs is 3. The first kappa shape index (κ1) is 47.2. The van der Waals surface area contributed by atoms with Gasteiger partial charge in [-0.25, -0.2) is 9.59 Å². The third kappa shape index (κ3) is 18.3. The van der Waals surface area contributed by atoms with Crippen molar-refractivity contribution in [3.05, 3.63) is 59.7 Å². The SMILES string of the molecule is CCCCCCCCCCCCCCCC(=O)CC(CCC(=O)NCCCCC(NC(=O)OCC1c2ccccc2-c2ccccc21)C(=O)O)C(=O)OC(C)(C)C. The van der Waals surface area contributed by atoms with Crippen molar-refractivity contribution in [2.45, 2.75) is 174 Å². The number of unbranched alkanes of at least 4 members (excludes halogenated alkanes) is 13. The number of Topliss-reactive ketones (excluding diaryl/α,β-unsaturated/α-hetero) is 1. The van der Waals surface area contributed by atoms with Crippen LogP contribution in [0.3, 0.4) is 0 Å². The summed E-state index contributed by atoms with van der Waals surface area (Å²) in [6.45, 7) is 7.99. The summed E-state index contributed by atoms with van der Waals surface area (Å²) in [6.07, 6.45) is 17.1. The van der Waals surface area contributed by atoms with E-state index in [2.05, 4.69) is 17.6 Å². The minimum Gasteiger partial charge on any atom is -0.480 e. The number of hydrogen-bond donors (Lipinski definition) is 3. The van der Waals surface area contributed by atoms with Gasteiger partial charge in [0.25, 0.3) is 0 Å². The Balaban J connectivity index is 1.31. The molecule has 2 atom stereocenters. The summed E-state index contributed by atoms with van der Waals surface area (Å²) >= 11 is 0. The number of nitrogens with one attached hydrogen (secondary N) is 2. The van der Waals surface area contributed by atoms with E-state index in [1.165, 1.54) is 64.2 Å². The first-order valence-electron chi connectivity index (χ1n) is 21.7. The molecule has 316 valence electrons. The fourth-order valence-corrected chi connectivity index (χ4v) is 7.54. The summed E-state index contributed by atoms with van der Waals surface area (Å²) < 4.78 is 11.1. The number of hydrogen-bond acceptors (Lipinski definition) is 7. The Labute approximate surface area is 341 Å². The minimum atomic E-state index is -1.16. The van der Waals surface area contributed by atoms with Crippen LogP contribution in [-0.4, -0.2) is 59.6 Å². The van der Waals surface area contributed by atoms with Crippen LogP contribution in [0.2, 0.25) is 0 Å². The Morgan fingerprint density at radius 2 is 1.25 bits per heavy atom. The van der Waals surface area contributed by atoms with Crippen molar-refractivity contribution < 1.29 is 38.6 Å². The van der Waals surface area contributed by atoms with Gasteiger partial charge in [0, 0.05) is 31.7 Å². The van der Waals surface area contributed by atoms with E-state index in [1.807, 2.05) is 48.5 Å². The van der Waals surface area contributed by atoms with E-state index >= 15 is 0 Å². The zero-order chi connectivity index (χ0) is 41.5. The number of rotatable bonds is 29. The number of carboxylic acid groups (broad SMARTS) is 1. The van der Waals surface area contributed by atoms with Gasteiger partial charge in [-0.05, 0) is 75.1 Å². The van der Waals surface area contributed by atoms with Gasteiger partial charge in [-0.1, -0.05) is 133 Å². The Morgan fingerprint density at radius 1 is 0.702 bits per heavy atom. The molecule has 0 fully saturated rings. The normalized spacial score (nSPS) is 13.3. The van der Waals surface area contributed by atoms with E-state index in [0.717, 1.165) is 41.5 Å². The van der Waals surface area contributed by atoms with Crippen molar-refractivity contribution in [1.29, 1.82) is 0 Å². The topological polar surface area (TPSA) is 148 Å². The highest BCUT2D eigenvalue weighted by molar-refractivity contribution is 5.85. The highest BCUT2D eigenvalue weighted by atomic mass is 16.6. The van der Waals surface area contributed by atoms with Crippen molar-refractivity contribution in [3.63, 3.8) is 0 Å². The number of amides is 2. The van der Waals surface area contributed by atoms with Gasteiger partial charge in [-0.3, -0.25) is 14.4 Å². The third-order valence-electron chi connectivity index (χ3n) is 10.7. The van der Waals surface area contributed by atoms with Crippen LogP contribution in [0.4, 0.5) is 4.79 Å². The number of esters is 1. The van der Waals surface area contributed by atoms with E-state index in [1.54, 1.807) is 20.8 Å². The molecule has 3 rings (SSSR count). The zero-order valence-corrected chi connectivity index (χ0v) is 35.2. The monoisotopic (exact) mass is 791 g/mol. The lowest BCUT2D eigenvalue weighted by Gasteiger charge is -2.23. The Bertz CT molecular complexity index is 1500. The molecule has 0 aliphatic heterocycles. The third-order valence-corrected chi connectivity index (χ3v) is 10.7. The molecule has 3 N–H and O–H groups in total. The van der Waals surface area contributed by atoms with Crippen molar-refractivity contribution in [3.8, 4) is 11.1 Å². The molecular formula is C47H70N2O8. The summed E-state index contributed by atoms with van der Waals surface area (Å²) in [5.74, 6) is -2.68. The quantitative estimate of drug-likeness (QED) is 0.0545. The molecule has 0 radical (unpaired) electrons. The first-order chi connectivity index (χ1) is 27.4. The molecule has 10 nitrogen and oxygen atoms in total. The molecule has 10 heteroatoms. The average molecular weight is 791 g/mol. The van der Waals surface area contributed by atoms with Gasteiger partial charge in [0.1, 0.15) is 24.0 Å². The largest absolute Gasteiger partial charge is 0.480 e. The van der Waals surface area contributed by atoms with Crippen LogP contribution in [-0.2, 0) is 28.7 Å². The van der Waals surface area contributed by atoms with E-state index in [4.69, 9.17) is 9.47 Å². The number of carbonyl (C=O) groups is 5. The second kappa shape index (κ2) is 25.9. The van der Waals surface area contributed by atoms with Crippen LogP contribution >= 0.6 is 0 Å². The maximum atomic E-state index is 13.0. The predicted octanol–water partition coefficient (Wildman–Crippen LogP) is 10.4. The van der Waals surface area contributed by atoms with Gasteiger partial charge in [0.15, 0.2) is 0 Å². The summed E-state index contributed by atoms with van der Waals surface area (Å²) in [7, 11) is 0. The highest BCUT2D eigenvalue weighted by Crippen LogP contribution is 2.44. The van der Waals surface area contributed by atoms with Gasteiger partial charge in [0.05, 0.1) is 5.92 Å². The smallest absolute Gasteiger partial charge is 0.407 e. The van der Waals surface area contributed by atoms with Crippen molar-refractivity contribution >= 4 is 29.7 Å². The fraction of sp³-hybridized carbons (Fsp3) is 0.638. The van der Waals surface area contributed by atoms with E-state index < -0.39 is 35.6 Å². The summed E-state index contributed by atoms with van der Waals surface area (Å²) in [5.41, 5.74) is 3.63. The molecule has 0 saturated heterocycles. The molecule has 57 heavy (non-hydrogen) atoms. The second-order valence-corrected chi connectivity index (χ2v) is 16.7. The van der Waals surface area contributed by atoms with E-state index in [9.17, 15) is 29.1 Å². The van der Waals surface area contributed by atoms with Crippen LogP contribution in [0.1, 0.15) is 173 Å². The zero-order valence-electron chi connectivity index (χ0n) is 35.2. The lowest BCUT2D eigenvalue weighted by atomic mass is 9.94. The lowest BCUT2D eigenvalue weighted by Crippen LogP contribution is -2.41. The van der Waals surface area contributed by atoms with Crippen LogP contribution < -0.4 is 10.6 Å². The number of benzene rings is 2. The Morgan fingerprint density at radius 3 is 1.79 bits per heavy atom. The number of carboxylic acids is 1. The Hall–Kier alpha value is -4.21. The summed E-state index contributed by atoms with van der Waals surface area (Å²) in [6, 6.07) is 14.8. The number of carbonyl (C=O) groups excluding carboxylic acids is 4. The predicted molar refractivity (Wildman–Crippen MR) is 225 cm³/mol. The molecule has 0 aromatic heterocycles. The minimum absolute atomic E-state index is 0.0222. The van der Waals surface area contributed by atoms with Gasteiger partial charge in [-0.2, -0.15) is 0 Å². The fourth-order valence-electron chi connectivity index (χ4n) is 7.54. The standard InChI is InChI=1S/C47H70N2O8/c1-5-6-7-8-9-10-11-12-13-14-15-16-17-24-36(50)33-35(45(54)57-47(2,3)4)30-31-43(51)48-32-23-22-29-42(44(52)53)49-46(55)56-34-41-39-27-20-18-25-37(39)38-26-19-21-28-40(38)41/h18-21,25-28,35,41-42H,5-17,22-24,29-34H2,1-4H3,(H,48,51)(H,49,55)(H,52,53). The summed E-state index contributed by atoms with van der Waals surface area (Å²) in [4.78, 5) is 63.2. The molecule has 2 unspecified atom stereocenters. The number of ketones is 1. The maximum absolute atomic E-state index is 13.0. The first-order valence-corrected chi connectivity index (χ1v) is 21.7. The van der Waals surface area contributed by atoms with Crippen LogP contribution in [0.5, 0.6) is 0 Å². The van der Waals surface area contributed by atoms with Gasteiger partial charge in [0.2, 0.25) is 5.91 Å². The number of aliphatic carboxylic acids is 1. The van der Waals surface area contributed by atoms with Crippen molar-refractivity contribution in [1.82, 2.24) is 10.6 Å². The molecule has 0 heterocycles. The molecule has 2 aromatic carbocycles. The van der Waals surface area contributed by atoms with E-state index in [-0.39, 0.29) is 49.9 Å². The molecule has 0 saturated carbocycles. The molecule has 1 aliphatic rings. The van der Waals surface area contributed by atoms with Crippen LogP contribution in [0.15, 0.2) is 48.5 Å². The highest BCUT2D eigenvalue weighted by Gasteiger charge is 2.30.